The van der Waals surface area contributed by atoms with E-state index in [1.165, 1.54) is 0 Å². The average molecular weight is 346 g/mol. The highest BCUT2D eigenvalue weighted by Gasteiger charge is 1.99. The molecule has 3 nitrogen and oxygen atoms in total. The van der Waals surface area contributed by atoms with E-state index in [2.05, 4.69) is 0 Å². The van der Waals surface area contributed by atoms with Crippen molar-refractivity contribution in [1.82, 2.24) is 0 Å². The maximum Gasteiger partial charge on any atom is 0.123 e. The van der Waals surface area contributed by atoms with E-state index < -0.39 is 0 Å². The molecule has 0 saturated heterocycles. The topological polar surface area (TPSA) is 60.7 Å². The van der Waals surface area contributed by atoms with Crippen molar-refractivity contribution in [3.05, 3.63) is 89.0 Å². The zero-order chi connectivity index (χ0) is 17.6. The van der Waals surface area contributed by atoms with E-state index in [4.69, 9.17) is 0 Å². The van der Waals surface area contributed by atoms with E-state index >= 15 is 0 Å². The van der Waals surface area contributed by atoms with Crippen molar-refractivity contribution in [1.29, 1.82) is 0 Å². The quantitative estimate of drug-likeness (QED) is 0.525. The molecular formula is C23H22O3. The first-order valence-electron chi connectivity index (χ1n) is 7.87. The molecule has 0 fully saturated rings. The monoisotopic (exact) mass is 346 g/mol. The van der Waals surface area contributed by atoms with Crippen molar-refractivity contribution in [2.24, 2.45) is 0 Å². The van der Waals surface area contributed by atoms with Gasteiger partial charge in [-0.05, 0) is 47.0 Å². The zero-order valence-electron chi connectivity index (χ0n) is 13.5. The number of phenolic OH excluding ortho intramolecular Hbond substituents is 3. The first kappa shape index (κ1) is 18.9. The molecule has 0 saturated carbocycles. The Bertz CT molecular complexity index is 905. The van der Waals surface area contributed by atoms with Gasteiger partial charge in [-0.2, -0.15) is 0 Å². The summed E-state index contributed by atoms with van der Waals surface area (Å²) in [6.45, 7) is 0. The van der Waals surface area contributed by atoms with Gasteiger partial charge < -0.3 is 15.3 Å². The van der Waals surface area contributed by atoms with Gasteiger partial charge in [0, 0.05) is 5.56 Å². The maximum absolute atomic E-state index is 10.2. The minimum Gasteiger partial charge on any atom is -0.508 e. The molecule has 132 valence electrons. The molecule has 0 aliphatic heterocycles. The summed E-state index contributed by atoms with van der Waals surface area (Å²) in [5, 5.41) is 28.7. The van der Waals surface area contributed by atoms with Crippen LogP contribution in [0.25, 0.3) is 24.3 Å². The van der Waals surface area contributed by atoms with Gasteiger partial charge in [-0.15, -0.1) is 0 Å². The van der Waals surface area contributed by atoms with E-state index in [1.807, 2.05) is 48.6 Å². The summed E-state index contributed by atoms with van der Waals surface area (Å²) < 4.78 is 0. The molecule has 3 aromatic rings. The van der Waals surface area contributed by atoms with Crippen LogP contribution in [-0.4, -0.2) is 15.3 Å². The van der Waals surface area contributed by atoms with Crippen LogP contribution in [0.15, 0.2) is 66.7 Å². The molecule has 0 amide bonds. The maximum atomic E-state index is 10.2. The second-order valence-corrected chi connectivity index (χ2v) is 5.67. The smallest absolute Gasteiger partial charge is 0.123 e. The van der Waals surface area contributed by atoms with Crippen molar-refractivity contribution < 1.29 is 15.3 Å². The predicted molar refractivity (Wildman–Crippen MR) is 109 cm³/mol. The molecule has 0 bridgehead atoms. The first-order chi connectivity index (χ1) is 12.1. The van der Waals surface area contributed by atoms with E-state index in [-0.39, 0.29) is 24.7 Å². The lowest BCUT2D eigenvalue weighted by Crippen LogP contribution is -1.78. The Hall–Kier alpha value is -3.46. The van der Waals surface area contributed by atoms with Crippen LogP contribution in [0.1, 0.15) is 29.7 Å². The summed E-state index contributed by atoms with van der Waals surface area (Å²) in [7, 11) is 0. The number of hydrogen-bond acceptors (Lipinski definition) is 3. The summed E-state index contributed by atoms with van der Waals surface area (Å²) >= 11 is 0. The summed E-state index contributed by atoms with van der Waals surface area (Å²) in [6.07, 6.45) is 7.52. The summed E-state index contributed by atoms with van der Waals surface area (Å²) in [5.41, 5.74) is 3.50. The van der Waals surface area contributed by atoms with Crippen molar-refractivity contribution in [3.63, 3.8) is 0 Å². The highest BCUT2D eigenvalue weighted by molar-refractivity contribution is 5.75. The van der Waals surface area contributed by atoms with Gasteiger partial charge in [-0.3, -0.25) is 0 Å². The average Bonchev–Trinajstić information content (AvgIpc) is 2.62. The molecule has 3 heteroatoms. The molecule has 3 N–H and O–H groups in total. The number of benzene rings is 3. The van der Waals surface area contributed by atoms with Crippen molar-refractivity contribution in [2.75, 3.05) is 0 Å². The fourth-order valence-corrected chi connectivity index (χ4v) is 2.35. The standard InChI is InChI=1S/C22H18O3.CH4/c23-20-11-5-16(6-12-20)1-2-18-4-10-19(22(25)15-18)9-3-17-7-13-21(24)14-8-17;/h1-15,23-25H;1H4/b2-1+,9-3+;. The second-order valence-electron chi connectivity index (χ2n) is 5.67. The third kappa shape index (κ3) is 5.02. The van der Waals surface area contributed by atoms with Crippen LogP contribution < -0.4 is 0 Å². The molecule has 3 rings (SSSR count). The molecule has 0 aromatic heterocycles. The third-order valence-electron chi connectivity index (χ3n) is 3.76. The van der Waals surface area contributed by atoms with Crippen LogP contribution in [0.5, 0.6) is 17.2 Å². The molecule has 0 unspecified atom stereocenters. The molecule has 3 aromatic carbocycles. The fraction of sp³-hybridized carbons (Fsp3) is 0.0435. The fourth-order valence-electron chi connectivity index (χ4n) is 2.35. The lowest BCUT2D eigenvalue weighted by molar-refractivity contribution is 0.473. The normalized spacial score (nSPS) is 10.9. The zero-order valence-corrected chi connectivity index (χ0v) is 13.5. The molecule has 0 aliphatic carbocycles. The number of phenols is 3. The molecule has 0 heterocycles. The Morgan fingerprint density at radius 1 is 0.500 bits per heavy atom. The molecular weight excluding hydrogens is 324 g/mol. The Labute approximate surface area is 153 Å². The summed E-state index contributed by atoms with van der Waals surface area (Å²) in [4.78, 5) is 0. The minimum absolute atomic E-state index is 0. The SMILES string of the molecule is C.Oc1ccc(/C=C/c2ccc(/C=C/c3ccc(O)cc3)c(O)c2)cc1. The van der Waals surface area contributed by atoms with Crippen LogP contribution in [0, 0.1) is 0 Å². The van der Waals surface area contributed by atoms with Gasteiger partial charge in [0.25, 0.3) is 0 Å². The molecule has 0 spiro atoms. The van der Waals surface area contributed by atoms with E-state index in [0.29, 0.717) is 0 Å². The Morgan fingerprint density at radius 3 is 1.42 bits per heavy atom. The molecule has 0 radical (unpaired) electrons. The largest absolute Gasteiger partial charge is 0.508 e. The summed E-state index contributed by atoms with van der Waals surface area (Å²) in [6, 6.07) is 19.2. The van der Waals surface area contributed by atoms with Gasteiger partial charge in [0.05, 0.1) is 0 Å². The highest BCUT2D eigenvalue weighted by atomic mass is 16.3. The van der Waals surface area contributed by atoms with Crippen LogP contribution in [0.3, 0.4) is 0 Å². The number of rotatable bonds is 4. The number of aromatic hydroxyl groups is 3. The second kappa shape index (κ2) is 8.58. The van der Waals surface area contributed by atoms with Crippen molar-refractivity contribution in [2.45, 2.75) is 7.43 Å². The van der Waals surface area contributed by atoms with Crippen LogP contribution in [0.4, 0.5) is 0 Å². The number of hydrogen-bond donors (Lipinski definition) is 3. The first-order valence-corrected chi connectivity index (χ1v) is 7.87. The van der Waals surface area contributed by atoms with Gasteiger partial charge in [0.1, 0.15) is 17.2 Å². The van der Waals surface area contributed by atoms with Gasteiger partial charge in [-0.1, -0.05) is 68.1 Å². The van der Waals surface area contributed by atoms with Crippen LogP contribution in [-0.2, 0) is 0 Å². The lowest BCUT2D eigenvalue weighted by atomic mass is 10.1. The van der Waals surface area contributed by atoms with Gasteiger partial charge in [0.2, 0.25) is 0 Å². The van der Waals surface area contributed by atoms with Crippen LogP contribution >= 0.6 is 0 Å². The highest BCUT2D eigenvalue weighted by Crippen LogP contribution is 2.23. The van der Waals surface area contributed by atoms with Gasteiger partial charge in [-0.25, -0.2) is 0 Å². The van der Waals surface area contributed by atoms with E-state index in [1.54, 1.807) is 42.5 Å². The van der Waals surface area contributed by atoms with Crippen molar-refractivity contribution in [3.8, 4) is 17.2 Å². The predicted octanol–water partition coefficient (Wildman–Crippen LogP) is 5.78. The molecule has 0 atom stereocenters. The van der Waals surface area contributed by atoms with Crippen molar-refractivity contribution >= 4 is 24.3 Å². The Balaban J connectivity index is 0.00000243. The Morgan fingerprint density at radius 2 is 0.923 bits per heavy atom. The molecule has 0 aliphatic rings. The van der Waals surface area contributed by atoms with E-state index in [9.17, 15) is 15.3 Å². The summed E-state index contributed by atoms with van der Waals surface area (Å²) in [5.74, 6) is 0.659. The van der Waals surface area contributed by atoms with Gasteiger partial charge in [0.15, 0.2) is 0 Å². The van der Waals surface area contributed by atoms with E-state index in [0.717, 1.165) is 22.3 Å². The lowest BCUT2D eigenvalue weighted by Gasteiger charge is -2.02. The van der Waals surface area contributed by atoms with Gasteiger partial charge >= 0.3 is 0 Å². The third-order valence-corrected chi connectivity index (χ3v) is 3.76. The Kier molecular flexibility index (Phi) is 6.23. The van der Waals surface area contributed by atoms with Crippen LogP contribution in [0.2, 0.25) is 0 Å². The minimum atomic E-state index is 0. The molecule has 26 heavy (non-hydrogen) atoms.